The van der Waals surface area contributed by atoms with Gasteiger partial charge >= 0.3 is 5.69 Å². The number of aromatic nitrogens is 3. The lowest BCUT2D eigenvalue weighted by Crippen LogP contribution is -2.49. The van der Waals surface area contributed by atoms with Crippen molar-refractivity contribution < 1.29 is 9.18 Å². The molecule has 0 N–H and O–H groups in total. The summed E-state index contributed by atoms with van der Waals surface area (Å²) in [5.41, 5.74) is 0.544. The molecule has 1 saturated heterocycles. The van der Waals surface area contributed by atoms with E-state index in [0.29, 0.717) is 25.2 Å². The summed E-state index contributed by atoms with van der Waals surface area (Å²) in [7, 11) is 0. The third kappa shape index (κ3) is 4.01. The summed E-state index contributed by atoms with van der Waals surface area (Å²) < 4.78 is 16.4. The van der Waals surface area contributed by atoms with Gasteiger partial charge < -0.3 is 4.90 Å². The SMILES string of the molecule is O=C(c1ccc(F)cc1)N1CCN(CCCn2nc3n(c2=O)CCCC3)CC1. The molecule has 2 aliphatic heterocycles. The molecule has 2 aliphatic rings. The number of carbonyl (C=O) groups excluding carboxylic acids is 1. The zero-order chi connectivity index (χ0) is 19.5. The predicted molar refractivity (Wildman–Crippen MR) is 103 cm³/mol. The average molecular weight is 387 g/mol. The topological polar surface area (TPSA) is 63.4 Å². The molecule has 28 heavy (non-hydrogen) atoms. The number of piperazine rings is 1. The van der Waals surface area contributed by atoms with Gasteiger partial charge in [-0.15, -0.1) is 0 Å². The van der Waals surface area contributed by atoms with Crippen molar-refractivity contribution in [3.63, 3.8) is 0 Å². The van der Waals surface area contributed by atoms with E-state index < -0.39 is 0 Å². The van der Waals surface area contributed by atoms with Gasteiger partial charge in [-0.05, 0) is 43.5 Å². The van der Waals surface area contributed by atoms with Crippen molar-refractivity contribution in [3.8, 4) is 0 Å². The molecule has 1 fully saturated rings. The van der Waals surface area contributed by atoms with Crippen LogP contribution in [-0.2, 0) is 19.5 Å². The average Bonchev–Trinajstić information content (AvgIpc) is 3.05. The van der Waals surface area contributed by atoms with Crippen LogP contribution in [-0.4, -0.2) is 62.8 Å². The van der Waals surface area contributed by atoms with Gasteiger partial charge in [0.25, 0.3) is 5.91 Å². The number of rotatable bonds is 5. The molecule has 7 nitrogen and oxygen atoms in total. The summed E-state index contributed by atoms with van der Waals surface area (Å²) in [6.45, 7) is 5.24. The van der Waals surface area contributed by atoms with Crippen molar-refractivity contribution in [2.45, 2.75) is 38.8 Å². The first-order valence-electron chi connectivity index (χ1n) is 10.1. The summed E-state index contributed by atoms with van der Waals surface area (Å²) in [6, 6.07) is 5.71. The largest absolute Gasteiger partial charge is 0.345 e. The van der Waals surface area contributed by atoms with E-state index in [9.17, 15) is 14.0 Å². The number of hydrogen-bond donors (Lipinski definition) is 0. The van der Waals surface area contributed by atoms with E-state index in [1.54, 1.807) is 4.68 Å². The number of amides is 1. The fourth-order valence-corrected chi connectivity index (χ4v) is 3.99. The molecule has 1 amide bonds. The van der Waals surface area contributed by atoms with Gasteiger partial charge in [-0.3, -0.25) is 14.3 Å². The molecule has 4 rings (SSSR count). The Balaban J connectivity index is 1.24. The first-order valence-corrected chi connectivity index (χ1v) is 10.1. The summed E-state index contributed by atoms with van der Waals surface area (Å²) in [4.78, 5) is 29.0. The van der Waals surface area contributed by atoms with Crippen LogP contribution in [0.1, 0.15) is 35.4 Å². The minimum Gasteiger partial charge on any atom is -0.336 e. The zero-order valence-corrected chi connectivity index (χ0v) is 16.0. The van der Waals surface area contributed by atoms with Gasteiger partial charge in [0.05, 0.1) is 0 Å². The lowest BCUT2D eigenvalue weighted by Gasteiger charge is -2.34. The molecule has 0 spiro atoms. The van der Waals surface area contributed by atoms with Gasteiger partial charge in [0.1, 0.15) is 11.6 Å². The van der Waals surface area contributed by atoms with E-state index in [1.807, 2.05) is 9.47 Å². The minimum absolute atomic E-state index is 0.0180. The van der Waals surface area contributed by atoms with Gasteiger partial charge in [0, 0.05) is 57.8 Å². The molecular formula is C20H26FN5O2. The molecule has 0 aliphatic carbocycles. The standard InChI is InChI=1S/C20H26FN5O2/c21-17-7-5-16(6-8-17)19(27)24-14-12-23(13-15-24)9-3-11-26-20(28)25-10-2-1-4-18(25)22-26/h5-8H,1-4,9-15H2. The number of fused-ring (bicyclic) bond motifs is 1. The molecule has 1 aromatic carbocycles. The number of carbonyl (C=O) groups is 1. The van der Waals surface area contributed by atoms with E-state index in [4.69, 9.17) is 0 Å². The van der Waals surface area contributed by atoms with Gasteiger partial charge in [-0.1, -0.05) is 0 Å². The molecule has 2 aromatic rings. The third-order valence-electron chi connectivity index (χ3n) is 5.63. The second kappa shape index (κ2) is 8.26. The second-order valence-corrected chi connectivity index (χ2v) is 7.52. The molecule has 0 radical (unpaired) electrons. The van der Waals surface area contributed by atoms with Crippen molar-refractivity contribution in [2.75, 3.05) is 32.7 Å². The fraction of sp³-hybridized carbons (Fsp3) is 0.550. The Hall–Kier alpha value is -2.48. The lowest BCUT2D eigenvalue weighted by molar-refractivity contribution is 0.0634. The Morgan fingerprint density at radius 2 is 1.75 bits per heavy atom. The first kappa shape index (κ1) is 18.9. The molecule has 1 aromatic heterocycles. The highest BCUT2D eigenvalue weighted by Crippen LogP contribution is 2.11. The maximum absolute atomic E-state index is 13.0. The van der Waals surface area contributed by atoms with Crippen LogP contribution in [0.4, 0.5) is 4.39 Å². The predicted octanol–water partition coefficient (Wildman–Crippen LogP) is 1.37. The number of aryl methyl sites for hydroxylation is 2. The monoisotopic (exact) mass is 387 g/mol. The third-order valence-corrected chi connectivity index (χ3v) is 5.63. The maximum Gasteiger partial charge on any atom is 0.345 e. The summed E-state index contributed by atoms with van der Waals surface area (Å²) >= 11 is 0. The minimum atomic E-state index is -0.334. The molecule has 8 heteroatoms. The molecule has 0 saturated carbocycles. The summed E-state index contributed by atoms with van der Waals surface area (Å²) in [5.74, 6) is 0.540. The Morgan fingerprint density at radius 1 is 1.00 bits per heavy atom. The fourth-order valence-electron chi connectivity index (χ4n) is 3.99. The number of halogens is 1. The molecule has 0 bridgehead atoms. The highest BCUT2D eigenvalue weighted by Gasteiger charge is 2.22. The highest BCUT2D eigenvalue weighted by molar-refractivity contribution is 5.94. The molecule has 0 atom stereocenters. The van der Waals surface area contributed by atoms with E-state index >= 15 is 0 Å². The smallest absolute Gasteiger partial charge is 0.336 e. The van der Waals surface area contributed by atoms with Crippen molar-refractivity contribution in [3.05, 3.63) is 52.0 Å². The Kier molecular flexibility index (Phi) is 5.57. The van der Waals surface area contributed by atoms with Crippen molar-refractivity contribution >= 4 is 5.91 Å². The van der Waals surface area contributed by atoms with Gasteiger partial charge in [0.15, 0.2) is 0 Å². The lowest BCUT2D eigenvalue weighted by atomic mass is 10.1. The Labute approximate surface area is 163 Å². The van der Waals surface area contributed by atoms with Crippen LogP contribution in [0.25, 0.3) is 0 Å². The Bertz CT molecular complexity index is 881. The van der Waals surface area contributed by atoms with Crippen molar-refractivity contribution in [1.29, 1.82) is 0 Å². The van der Waals surface area contributed by atoms with Crippen LogP contribution in [0.3, 0.4) is 0 Å². The maximum atomic E-state index is 13.0. The number of benzene rings is 1. The second-order valence-electron chi connectivity index (χ2n) is 7.52. The first-order chi connectivity index (χ1) is 13.6. The zero-order valence-electron chi connectivity index (χ0n) is 16.0. The molecule has 0 unspecified atom stereocenters. The van der Waals surface area contributed by atoms with E-state index in [0.717, 1.165) is 57.7 Å². The van der Waals surface area contributed by atoms with Crippen molar-refractivity contribution in [1.82, 2.24) is 24.1 Å². The van der Waals surface area contributed by atoms with Crippen molar-refractivity contribution in [2.24, 2.45) is 0 Å². The Morgan fingerprint density at radius 3 is 2.46 bits per heavy atom. The van der Waals surface area contributed by atoms with Gasteiger partial charge in [0.2, 0.25) is 0 Å². The summed E-state index contributed by atoms with van der Waals surface area (Å²) in [6.07, 6.45) is 3.92. The normalized spacial score (nSPS) is 17.5. The molecular weight excluding hydrogens is 361 g/mol. The summed E-state index contributed by atoms with van der Waals surface area (Å²) in [5, 5.41) is 4.48. The van der Waals surface area contributed by atoms with Crippen LogP contribution < -0.4 is 5.69 Å². The van der Waals surface area contributed by atoms with E-state index in [1.165, 1.54) is 24.3 Å². The van der Waals surface area contributed by atoms with Crippen LogP contribution in [0, 0.1) is 5.82 Å². The van der Waals surface area contributed by atoms with Crippen LogP contribution in [0.2, 0.25) is 0 Å². The van der Waals surface area contributed by atoms with E-state index in [-0.39, 0.29) is 17.4 Å². The van der Waals surface area contributed by atoms with Crippen LogP contribution in [0.5, 0.6) is 0 Å². The van der Waals surface area contributed by atoms with Gasteiger partial charge in [-0.25, -0.2) is 13.9 Å². The molecule has 3 heterocycles. The quantitative estimate of drug-likeness (QED) is 0.777. The molecule has 150 valence electrons. The highest BCUT2D eigenvalue weighted by atomic mass is 19.1. The van der Waals surface area contributed by atoms with Crippen LogP contribution >= 0.6 is 0 Å². The van der Waals surface area contributed by atoms with E-state index in [2.05, 4.69) is 10.00 Å². The number of hydrogen-bond acceptors (Lipinski definition) is 4. The van der Waals surface area contributed by atoms with Gasteiger partial charge in [-0.2, -0.15) is 5.10 Å². The number of nitrogens with zero attached hydrogens (tertiary/aromatic N) is 5. The van der Waals surface area contributed by atoms with Crippen LogP contribution in [0.15, 0.2) is 29.1 Å².